The zero-order chi connectivity index (χ0) is 34.4. The molecule has 0 unspecified atom stereocenters. The van der Waals surface area contributed by atoms with Crippen LogP contribution >= 0.6 is 0 Å². The van der Waals surface area contributed by atoms with Crippen molar-refractivity contribution in [2.75, 3.05) is 18.4 Å². The van der Waals surface area contributed by atoms with Crippen molar-refractivity contribution in [3.63, 3.8) is 0 Å². The van der Waals surface area contributed by atoms with Gasteiger partial charge in [-0.1, -0.05) is 0 Å². The molecule has 4 heterocycles. The Balaban J connectivity index is 0.00000625. The summed E-state index contributed by atoms with van der Waals surface area (Å²) in [5.41, 5.74) is 2.44. The van der Waals surface area contributed by atoms with Crippen LogP contribution in [0.2, 0.25) is 0 Å². The van der Waals surface area contributed by atoms with Crippen LogP contribution in [-0.4, -0.2) is 81.1 Å². The first-order valence-electron chi connectivity index (χ1n) is 14.9. The average Bonchev–Trinajstić information content (AvgIpc) is 3.74. The van der Waals surface area contributed by atoms with Crippen molar-refractivity contribution >= 4 is 40.5 Å². The number of hydrogen-bond acceptors (Lipinski definition) is 10. The maximum absolute atomic E-state index is 13.1. The van der Waals surface area contributed by atoms with Crippen LogP contribution in [0.3, 0.4) is 0 Å². The van der Waals surface area contributed by atoms with Crippen LogP contribution in [-0.2, 0) is 89.8 Å². The van der Waals surface area contributed by atoms with E-state index >= 15 is 0 Å². The molecular formula is C32H38N9O6Y-. The fourth-order valence-corrected chi connectivity index (χ4v) is 5.07. The fraction of sp³-hybridized carbons (Fsp3) is 0.375. The second kappa shape index (κ2) is 16.6. The molecule has 0 saturated carbocycles. The minimum Gasteiger partial charge on any atom is -0.409 e. The van der Waals surface area contributed by atoms with E-state index in [2.05, 4.69) is 32.5 Å². The van der Waals surface area contributed by atoms with E-state index in [-0.39, 0.29) is 106 Å². The van der Waals surface area contributed by atoms with E-state index in [9.17, 15) is 28.8 Å². The predicted octanol–water partition coefficient (Wildman–Crippen LogP) is 1.41. The van der Waals surface area contributed by atoms with E-state index in [1.807, 2.05) is 0 Å². The number of nitrogens with zero attached hydrogens (tertiary/aromatic N) is 7. The maximum Gasteiger partial charge on any atom is 0.287 e. The predicted molar refractivity (Wildman–Crippen MR) is 170 cm³/mol. The van der Waals surface area contributed by atoms with Gasteiger partial charge in [-0.2, -0.15) is 6.92 Å². The van der Waals surface area contributed by atoms with E-state index in [1.165, 1.54) is 16.1 Å². The molecule has 0 aromatic carbocycles. The summed E-state index contributed by atoms with van der Waals surface area (Å²) in [4.78, 5) is 86.8. The second-order valence-corrected chi connectivity index (χ2v) is 11.4. The summed E-state index contributed by atoms with van der Waals surface area (Å²) in [6.07, 6.45) is 6.90. The molecule has 0 fully saturated rings. The number of aromatic nitrogens is 7. The smallest absolute Gasteiger partial charge is 0.287 e. The summed E-state index contributed by atoms with van der Waals surface area (Å²) in [5.74, 6) is -1.16. The van der Waals surface area contributed by atoms with Crippen molar-refractivity contribution < 1.29 is 61.5 Å². The number of aryl methyl sites for hydroxylation is 4. The third-order valence-corrected chi connectivity index (χ3v) is 7.33. The van der Waals surface area contributed by atoms with E-state index in [1.54, 1.807) is 68.2 Å². The van der Waals surface area contributed by atoms with Crippen molar-refractivity contribution in [1.82, 2.24) is 38.5 Å². The second-order valence-electron chi connectivity index (χ2n) is 11.4. The third-order valence-electron chi connectivity index (χ3n) is 7.33. The number of imidazole rings is 3. The summed E-state index contributed by atoms with van der Waals surface area (Å²) >= 11 is 0. The molecule has 15 nitrogen and oxygen atoms in total. The molecule has 1 amide bonds. The fourth-order valence-electron chi connectivity index (χ4n) is 5.07. The van der Waals surface area contributed by atoms with Gasteiger partial charge >= 0.3 is 0 Å². The number of Topliss-reactive ketones (excluding diaryl/α,β-unsaturated/α-hetero) is 5. The Morgan fingerprint density at radius 1 is 0.688 bits per heavy atom. The van der Waals surface area contributed by atoms with Crippen LogP contribution in [0.25, 0.3) is 0 Å². The molecule has 48 heavy (non-hydrogen) atoms. The zero-order valence-corrected chi connectivity index (χ0v) is 30.5. The summed E-state index contributed by atoms with van der Waals surface area (Å²) in [7, 11) is 6.69. The number of carbonyl (C=O) groups is 6. The Morgan fingerprint density at radius 2 is 1.23 bits per heavy atom. The van der Waals surface area contributed by atoms with Crippen molar-refractivity contribution in [3.05, 3.63) is 78.0 Å². The Kier molecular flexibility index (Phi) is 13.1. The van der Waals surface area contributed by atoms with Gasteiger partial charge in [0.05, 0.1) is 41.4 Å². The summed E-state index contributed by atoms with van der Waals surface area (Å²) in [6.45, 7) is 5.40. The van der Waals surface area contributed by atoms with Crippen molar-refractivity contribution in [3.8, 4) is 0 Å². The van der Waals surface area contributed by atoms with Crippen LogP contribution < -0.4 is 10.6 Å². The van der Waals surface area contributed by atoms with Crippen LogP contribution in [0.4, 0.5) is 5.69 Å². The van der Waals surface area contributed by atoms with E-state index < -0.39 is 11.7 Å². The van der Waals surface area contributed by atoms with Gasteiger partial charge in [0.1, 0.15) is 11.6 Å². The van der Waals surface area contributed by atoms with E-state index in [4.69, 9.17) is 0 Å². The summed E-state index contributed by atoms with van der Waals surface area (Å²) < 4.78 is 6.27. The molecule has 4 aromatic rings. The normalized spacial score (nSPS) is 10.8. The van der Waals surface area contributed by atoms with Gasteiger partial charge in [0.15, 0.2) is 17.4 Å². The molecule has 0 atom stereocenters. The molecule has 16 heteroatoms. The Hall–Kier alpha value is -4.50. The van der Waals surface area contributed by atoms with E-state index in [0.29, 0.717) is 35.7 Å². The van der Waals surface area contributed by atoms with Gasteiger partial charge in [-0.3, -0.25) is 24.0 Å². The van der Waals surface area contributed by atoms with Crippen molar-refractivity contribution in [2.45, 2.75) is 39.0 Å². The largest absolute Gasteiger partial charge is 0.409 e. The average molecular weight is 734 g/mol. The number of anilines is 1. The van der Waals surface area contributed by atoms with Crippen LogP contribution in [0, 0.1) is 6.92 Å². The monoisotopic (exact) mass is 733 g/mol. The first kappa shape index (κ1) is 38.0. The molecule has 1 radical (unpaired) electrons. The molecule has 0 bridgehead atoms. The molecule has 0 spiro atoms. The standard InChI is InChI=1S/C32H38N9O6.Y/c1-19(42)7-9-33-21-12-26(38(3)15-21)27(45)13-23-17-40(5)30(36-23)28(46)14-24-18-41(6)31(37-24)32(47)34-10-8-25(44)11-22-16-39(4)29(35-22)20(2)43;/h12,15-18,33H,2,7-11,13-14H2,1,3-6H3,(H,34,47);/q-1;. The minimum atomic E-state index is -0.502. The Bertz CT molecular complexity index is 1860. The topological polar surface area (TPSA) is 185 Å². The van der Waals surface area contributed by atoms with Gasteiger partial charge in [0.2, 0.25) is 5.78 Å². The first-order chi connectivity index (χ1) is 22.2. The number of rotatable bonds is 17. The number of nitrogens with one attached hydrogen (secondary N) is 2. The van der Waals surface area contributed by atoms with Gasteiger partial charge in [0, 0.05) is 123 Å². The Morgan fingerprint density at radius 3 is 1.83 bits per heavy atom. The molecule has 4 rings (SSSR count). The summed E-state index contributed by atoms with van der Waals surface area (Å²) in [6, 6.07) is 1.72. The van der Waals surface area contributed by atoms with Crippen LogP contribution in [0.1, 0.15) is 79.2 Å². The first-order valence-corrected chi connectivity index (χ1v) is 14.9. The minimum absolute atomic E-state index is 0. The van der Waals surface area contributed by atoms with Gasteiger partial charge in [0.25, 0.3) is 5.91 Å². The van der Waals surface area contributed by atoms with Gasteiger partial charge < -0.3 is 38.7 Å². The van der Waals surface area contributed by atoms with Gasteiger partial charge in [-0.15, -0.1) is 0 Å². The maximum atomic E-state index is 13.1. The quantitative estimate of drug-likeness (QED) is 0.119. The number of amides is 1. The van der Waals surface area contributed by atoms with Crippen molar-refractivity contribution in [2.24, 2.45) is 28.2 Å². The molecule has 251 valence electrons. The van der Waals surface area contributed by atoms with Gasteiger partial charge in [-0.25, -0.2) is 9.97 Å². The zero-order valence-electron chi connectivity index (χ0n) is 27.7. The number of hydrogen-bond donors (Lipinski definition) is 2. The molecule has 0 aliphatic rings. The molecular weight excluding hydrogens is 695 g/mol. The molecule has 0 saturated heterocycles. The van der Waals surface area contributed by atoms with Crippen LogP contribution in [0.5, 0.6) is 0 Å². The molecule has 2 N–H and O–H groups in total. The number of ketones is 5. The molecule has 0 aliphatic carbocycles. The van der Waals surface area contributed by atoms with Crippen LogP contribution in [0.15, 0.2) is 30.9 Å². The van der Waals surface area contributed by atoms with E-state index in [0.717, 1.165) is 5.69 Å². The SMILES string of the molecule is [CH2-]C(=O)c1nc(CC(=O)CCNC(=O)c2nc(CC(=O)c3nc(CC(=O)c4cc(NCCC(C)=O)cn4C)cn3C)cn2C)cn1C.[Y]. The Labute approximate surface area is 302 Å². The van der Waals surface area contributed by atoms with Crippen molar-refractivity contribution in [1.29, 1.82) is 0 Å². The molecule has 4 aromatic heterocycles. The molecule has 0 aliphatic heterocycles. The summed E-state index contributed by atoms with van der Waals surface area (Å²) in [5, 5.41) is 5.80. The third kappa shape index (κ3) is 9.76. The van der Waals surface area contributed by atoms with Gasteiger partial charge in [-0.05, 0) is 20.0 Å². The number of carbonyl (C=O) groups excluding carboxylic acids is 6.